The first-order valence-electron chi connectivity index (χ1n) is 5.64. The van der Waals surface area contributed by atoms with Gasteiger partial charge in [0.05, 0.1) is 27.5 Å². The number of methoxy groups -OCH3 is 1. The third-order valence-corrected chi connectivity index (χ3v) is 3.84. The number of ether oxygens (including phenoxy) is 1. The van der Waals surface area contributed by atoms with Crippen LogP contribution in [-0.2, 0) is 4.74 Å². The van der Waals surface area contributed by atoms with Gasteiger partial charge in [-0.05, 0) is 25.0 Å². The molecule has 0 bridgehead atoms. The number of piperidine rings is 1. The van der Waals surface area contributed by atoms with Crippen LogP contribution in [0, 0.1) is 0 Å². The van der Waals surface area contributed by atoms with Crippen LogP contribution in [0.5, 0.6) is 0 Å². The Hall–Kier alpha value is -0.640. The lowest BCUT2D eigenvalue weighted by Gasteiger charge is -2.34. The molecule has 1 unspecified atom stereocenters. The highest BCUT2D eigenvalue weighted by Gasteiger charge is 2.21. The number of benzene rings is 1. The van der Waals surface area contributed by atoms with Crippen molar-refractivity contribution in [2.75, 3.05) is 30.8 Å². The van der Waals surface area contributed by atoms with Crippen LogP contribution in [0.25, 0.3) is 0 Å². The Labute approximate surface area is 111 Å². The van der Waals surface area contributed by atoms with Gasteiger partial charge < -0.3 is 15.4 Å². The number of hydrogen-bond donors (Lipinski definition) is 1. The average Bonchev–Trinajstić information content (AvgIpc) is 2.34. The molecule has 0 saturated carbocycles. The van der Waals surface area contributed by atoms with E-state index in [1.807, 2.05) is 6.07 Å². The van der Waals surface area contributed by atoms with E-state index in [0.29, 0.717) is 15.7 Å². The SMILES string of the molecule is COC1CCCN(c2cc(Cl)c(Cl)cc2N)C1. The molecule has 2 N–H and O–H groups in total. The first-order chi connectivity index (χ1) is 8.11. The Kier molecular flexibility index (Phi) is 4.02. The fraction of sp³-hybridized carbons (Fsp3) is 0.500. The monoisotopic (exact) mass is 274 g/mol. The van der Waals surface area contributed by atoms with E-state index in [4.69, 9.17) is 33.7 Å². The summed E-state index contributed by atoms with van der Waals surface area (Å²) in [5.41, 5.74) is 7.59. The molecule has 1 aromatic rings. The second kappa shape index (κ2) is 5.34. The molecule has 2 rings (SSSR count). The summed E-state index contributed by atoms with van der Waals surface area (Å²) in [5, 5.41) is 1.03. The summed E-state index contributed by atoms with van der Waals surface area (Å²) in [5.74, 6) is 0. The number of rotatable bonds is 2. The van der Waals surface area contributed by atoms with Crippen molar-refractivity contribution in [1.29, 1.82) is 0 Å². The third-order valence-electron chi connectivity index (χ3n) is 3.12. The average molecular weight is 275 g/mol. The molecule has 0 amide bonds. The molecule has 1 heterocycles. The van der Waals surface area contributed by atoms with Gasteiger partial charge in [0.15, 0.2) is 0 Å². The second-order valence-electron chi connectivity index (χ2n) is 4.27. The summed E-state index contributed by atoms with van der Waals surface area (Å²) in [6.07, 6.45) is 2.45. The van der Waals surface area contributed by atoms with Gasteiger partial charge in [0.25, 0.3) is 0 Å². The molecular weight excluding hydrogens is 259 g/mol. The minimum Gasteiger partial charge on any atom is -0.397 e. The maximum atomic E-state index is 6.03. The van der Waals surface area contributed by atoms with Crippen LogP contribution in [0.2, 0.25) is 10.0 Å². The van der Waals surface area contributed by atoms with Crippen molar-refractivity contribution in [3.8, 4) is 0 Å². The first kappa shape index (κ1) is 12.8. The quantitative estimate of drug-likeness (QED) is 0.842. The van der Waals surface area contributed by atoms with Crippen molar-refractivity contribution in [1.82, 2.24) is 0 Å². The smallest absolute Gasteiger partial charge is 0.0746 e. The lowest BCUT2D eigenvalue weighted by molar-refractivity contribution is 0.0894. The minimum atomic E-state index is 0.262. The molecule has 1 saturated heterocycles. The minimum absolute atomic E-state index is 0.262. The summed E-state index contributed by atoms with van der Waals surface area (Å²) in [4.78, 5) is 2.20. The van der Waals surface area contributed by atoms with Gasteiger partial charge in [0.2, 0.25) is 0 Å². The Morgan fingerprint density at radius 1 is 1.35 bits per heavy atom. The largest absolute Gasteiger partial charge is 0.397 e. The molecule has 0 aliphatic carbocycles. The molecular formula is C12H16Cl2N2O. The van der Waals surface area contributed by atoms with Gasteiger partial charge in [-0.15, -0.1) is 0 Å². The molecule has 3 nitrogen and oxygen atoms in total. The number of nitrogens with zero attached hydrogens (tertiary/aromatic N) is 1. The van der Waals surface area contributed by atoms with Gasteiger partial charge in [0.1, 0.15) is 0 Å². The maximum absolute atomic E-state index is 6.03. The maximum Gasteiger partial charge on any atom is 0.0746 e. The summed E-state index contributed by atoms with van der Waals surface area (Å²) in [6, 6.07) is 3.53. The molecule has 5 heteroatoms. The lowest BCUT2D eigenvalue weighted by Crippen LogP contribution is -2.39. The van der Waals surface area contributed by atoms with E-state index in [1.54, 1.807) is 13.2 Å². The molecule has 1 fully saturated rings. The van der Waals surface area contributed by atoms with Gasteiger partial charge in [0, 0.05) is 20.2 Å². The second-order valence-corrected chi connectivity index (χ2v) is 5.09. The first-order valence-corrected chi connectivity index (χ1v) is 6.39. The topological polar surface area (TPSA) is 38.5 Å². The van der Waals surface area contributed by atoms with Crippen molar-refractivity contribution in [3.05, 3.63) is 22.2 Å². The van der Waals surface area contributed by atoms with Crippen LogP contribution in [-0.4, -0.2) is 26.3 Å². The Morgan fingerprint density at radius 3 is 2.76 bits per heavy atom. The van der Waals surface area contributed by atoms with Crippen LogP contribution in [0.15, 0.2) is 12.1 Å². The number of nitrogens with two attached hydrogens (primary N) is 1. The van der Waals surface area contributed by atoms with Crippen molar-refractivity contribution < 1.29 is 4.74 Å². The number of anilines is 2. The van der Waals surface area contributed by atoms with Gasteiger partial charge in [-0.1, -0.05) is 23.2 Å². The molecule has 1 aliphatic rings. The summed E-state index contributed by atoms with van der Waals surface area (Å²) < 4.78 is 5.40. The molecule has 0 spiro atoms. The normalized spacial score (nSPS) is 20.6. The lowest BCUT2D eigenvalue weighted by atomic mass is 10.1. The number of nitrogen functional groups attached to an aromatic ring is 1. The van der Waals surface area contributed by atoms with Gasteiger partial charge in [-0.25, -0.2) is 0 Å². The highest BCUT2D eigenvalue weighted by Crippen LogP contribution is 2.34. The predicted molar refractivity (Wildman–Crippen MR) is 73.1 cm³/mol. The summed E-state index contributed by atoms with van der Waals surface area (Å²) in [7, 11) is 1.74. The van der Waals surface area contributed by atoms with Crippen molar-refractivity contribution >= 4 is 34.6 Å². The van der Waals surface area contributed by atoms with Gasteiger partial charge in [-0.2, -0.15) is 0 Å². The summed E-state index contributed by atoms with van der Waals surface area (Å²) >= 11 is 12.0. The molecule has 0 aromatic heterocycles. The molecule has 1 aromatic carbocycles. The molecule has 1 atom stereocenters. The highest BCUT2D eigenvalue weighted by atomic mass is 35.5. The molecule has 17 heavy (non-hydrogen) atoms. The molecule has 0 radical (unpaired) electrons. The Balaban J connectivity index is 2.24. The molecule has 94 valence electrons. The summed E-state index contributed by atoms with van der Waals surface area (Å²) in [6.45, 7) is 1.82. The van der Waals surface area contributed by atoms with Gasteiger partial charge in [-0.3, -0.25) is 0 Å². The molecule has 1 aliphatic heterocycles. The fourth-order valence-electron chi connectivity index (χ4n) is 2.17. The fourth-order valence-corrected chi connectivity index (χ4v) is 2.50. The van der Waals surface area contributed by atoms with Crippen LogP contribution < -0.4 is 10.6 Å². The van der Waals surface area contributed by atoms with Gasteiger partial charge >= 0.3 is 0 Å². The van der Waals surface area contributed by atoms with Crippen molar-refractivity contribution in [3.63, 3.8) is 0 Å². The van der Waals surface area contributed by atoms with E-state index < -0.39 is 0 Å². The number of hydrogen-bond acceptors (Lipinski definition) is 3. The van der Waals surface area contributed by atoms with E-state index in [2.05, 4.69) is 4.90 Å². The van der Waals surface area contributed by atoms with Crippen molar-refractivity contribution in [2.45, 2.75) is 18.9 Å². The van der Waals surface area contributed by atoms with Crippen LogP contribution in [0.3, 0.4) is 0 Å². The number of halogens is 2. The van der Waals surface area contributed by atoms with E-state index in [9.17, 15) is 0 Å². The highest BCUT2D eigenvalue weighted by molar-refractivity contribution is 6.42. The van der Waals surface area contributed by atoms with E-state index in [0.717, 1.165) is 31.6 Å². The zero-order chi connectivity index (χ0) is 12.4. The van der Waals surface area contributed by atoms with Crippen LogP contribution >= 0.6 is 23.2 Å². The van der Waals surface area contributed by atoms with Crippen LogP contribution in [0.1, 0.15) is 12.8 Å². The van der Waals surface area contributed by atoms with Crippen molar-refractivity contribution in [2.24, 2.45) is 0 Å². The Bertz CT molecular complexity index is 412. The van der Waals surface area contributed by atoms with E-state index in [1.165, 1.54) is 0 Å². The zero-order valence-electron chi connectivity index (χ0n) is 9.75. The predicted octanol–water partition coefficient (Wildman–Crippen LogP) is 3.19. The standard InChI is InChI=1S/C12H16Cl2N2O/c1-17-8-3-2-4-16(7-8)12-6-10(14)9(13)5-11(12)15/h5-6,8H,2-4,7,15H2,1H3. The van der Waals surface area contributed by atoms with Crippen LogP contribution in [0.4, 0.5) is 11.4 Å². The third kappa shape index (κ3) is 2.79. The zero-order valence-corrected chi connectivity index (χ0v) is 11.3. The Morgan fingerprint density at radius 2 is 2.06 bits per heavy atom. The van der Waals surface area contributed by atoms with E-state index in [-0.39, 0.29) is 6.10 Å². The van der Waals surface area contributed by atoms with E-state index >= 15 is 0 Å².